The van der Waals surface area contributed by atoms with Crippen LogP contribution in [-0.4, -0.2) is 27.3 Å². The highest BCUT2D eigenvalue weighted by Gasteiger charge is 2.16. The lowest BCUT2D eigenvalue weighted by Gasteiger charge is -2.10. The van der Waals surface area contributed by atoms with E-state index in [0.717, 1.165) is 0 Å². The molecule has 0 heterocycles. The van der Waals surface area contributed by atoms with Crippen LogP contribution in [0.3, 0.4) is 0 Å². The average Bonchev–Trinajstić information content (AvgIpc) is 2.30. The van der Waals surface area contributed by atoms with Crippen molar-refractivity contribution in [1.82, 2.24) is 0 Å². The van der Waals surface area contributed by atoms with Crippen LogP contribution in [0.25, 0.3) is 0 Å². The van der Waals surface area contributed by atoms with Crippen LogP contribution in [0.15, 0.2) is 29.2 Å². The molecule has 0 atom stereocenters. The van der Waals surface area contributed by atoms with E-state index in [2.05, 4.69) is 0 Å². The smallest absolute Gasteiger partial charge is 0.181 e. The van der Waals surface area contributed by atoms with Crippen molar-refractivity contribution in [1.29, 1.82) is 0 Å². The quantitative estimate of drug-likeness (QED) is 0.762. The molecule has 4 nitrogen and oxygen atoms in total. The lowest BCUT2D eigenvalue weighted by Crippen LogP contribution is -2.10. The fraction of sp³-hybridized carbons (Fsp3) is 0.455. The molecule has 1 aromatic carbocycles. The van der Waals surface area contributed by atoms with Crippen molar-refractivity contribution in [2.24, 2.45) is 5.73 Å². The lowest BCUT2D eigenvalue weighted by molar-refractivity contribution is 0.305. The summed E-state index contributed by atoms with van der Waals surface area (Å²) in [4.78, 5) is 0.259. The summed E-state index contributed by atoms with van der Waals surface area (Å²) >= 11 is 0. The van der Waals surface area contributed by atoms with Gasteiger partial charge in [0.05, 0.1) is 12.4 Å². The molecule has 0 saturated heterocycles. The van der Waals surface area contributed by atoms with Crippen LogP contribution >= 0.6 is 0 Å². The van der Waals surface area contributed by atoms with Crippen molar-refractivity contribution < 1.29 is 13.2 Å². The minimum atomic E-state index is -3.22. The number of benzene rings is 1. The summed E-state index contributed by atoms with van der Waals surface area (Å²) in [5, 5.41) is 0. The van der Waals surface area contributed by atoms with E-state index in [1.807, 2.05) is 0 Å². The van der Waals surface area contributed by atoms with Crippen LogP contribution in [0.1, 0.15) is 13.3 Å². The second-order valence-corrected chi connectivity index (χ2v) is 5.59. The molecule has 0 aliphatic rings. The number of nitrogens with two attached hydrogens (primary N) is 1. The van der Waals surface area contributed by atoms with Crippen molar-refractivity contribution in [2.45, 2.75) is 18.2 Å². The van der Waals surface area contributed by atoms with E-state index in [0.29, 0.717) is 25.3 Å². The summed E-state index contributed by atoms with van der Waals surface area (Å²) in [6.45, 7) is 2.58. The first-order chi connectivity index (χ1) is 7.61. The van der Waals surface area contributed by atoms with Gasteiger partial charge in [-0.3, -0.25) is 0 Å². The van der Waals surface area contributed by atoms with Crippen LogP contribution < -0.4 is 10.5 Å². The Morgan fingerprint density at radius 2 is 2.00 bits per heavy atom. The SMILES string of the molecule is CCS(=O)(=O)c1ccccc1OCCCN. The molecule has 90 valence electrons. The van der Waals surface area contributed by atoms with Gasteiger partial charge in [-0.15, -0.1) is 0 Å². The van der Waals surface area contributed by atoms with Crippen LogP contribution in [0.5, 0.6) is 5.75 Å². The summed E-state index contributed by atoms with van der Waals surface area (Å²) in [5.74, 6) is 0.488. The van der Waals surface area contributed by atoms with Crippen LogP contribution in [-0.2, 0) is 9.84 Å². The highest BCUT2D eigenvalue weighted by atomic mass is 32.2. The van der Waals surface area contributed by atoms with Crippen LogP contribution in [0, 0.1) is 0 Å². The number of ether oxygens (including phenoxy) is 1. The van der Waals surface area contributed by atoms with Gasteiger partial charge in [-0.2, -0.15) is 0 Å². The third kappa shape index (κ3) is 3.21. The van der Waals surface area contributed by atoms with E-state index < -0.39 is 9.84 Å². The predicted molar refractivity (Wildman–Crippen MR) is 63.3 cm³/mol. The number of hydrogen-bond acceptors (Lipinski definition) is 4. The second kappa shape index (κ2) is 5.86. The van der Waals surface area contributed by atoms with Gasteiger partial charge in [-0.1, -0.05) is 19.1 Å². The van der Waals surface area contributed by atoms with Crippen LogP contribution in [0.2, 0.25) is 0 Å². The first-order valence-corrected chi connectivity index (χ1v) is 6.91. The molecular weight excluding hydrogens is 226 g/mol. The van der Waals surface area contributed by atoms with E-state index in [1.54, 1.807) is 31.2 Å². The largest absolute Gasteiger partial charge is 0.492 e. The van der Waals surface area contributed by atoms with Crippen molar-refractivity contribution in [2.75, 3.05) is 18.9 Å². The Hall–Kier alpha value is -1.07. The molecule has 0 unspecified atom stereocenters. The summed E-state index contributed by atoms with van der Waals surface area (Å²) in [6, 6.07) is 6.68. The minimum Gasteiger partial charge on any atom is -0.492 e. The minimum absolute atomic E-state index is 0.0737. The molecule has 0 amide bonds. The standard InChI is InChI=1S/C11H17NO3S/c1-2-16(13,14)11-7-4-3-6-10(11)15-9-5-8-12/h3-4,6-7H,2,5,8-9,12H2,1H3. The van der Waals surface area contributed by atoms with Crippen LogP contribution in [0.4, 0.5) is 0 Å². The van der Waals surface area contributed by atoms with Gasteiger partial charge in [0.25, 0.3) is 0 Å². The van der Waals surface area contributed by atoms with Gasteiger partial charge in [-0.25, -0.2) is 8.42 Å². The molecule has 1 rings (SSSR count). The van der Waals surface area contributed by atoms with Crippen molar-refractivity contribution in [3.63, 3.8) is 0 Å². The molecule has 1 aromatic rings. The third-order valence-electron chi connectivity index (χ3n) is 2.17. The van der Waals surface area contributed by atoms with Crippen molar-refractivity contribution >= 4 is 9.84 Å². The zero-order chi connectivity index (χ0) is 12.0. The maximum Gasteiger partial charge on any atom is 0.181 e. The maximum absolute atomic E-state index is 11.7. The molecule has 0 aromatic heterocycles. The zero-order valence-corrected chi connectivity index (χ0v) is 10.2. The second-order valence-electron chi connectivity index (χ2n) is 3.34. The fourth-order valence-corrected chi connectivity index (χ4v) is 2.28. The van der Waals surface area contributed by atoms with Crippen molar-refractivity contribution in [3.05, 3.63) is 24.3 Å². The molecule has 0 bridgehead atoms. The highest BCUT2D eigenvalue weighted by Crippen LogP contribution is 2.24. The van der Waals surface area contributed by atoms with Gasteiger partial charge < -0.3 is 10.5 Å². The normalized spacial score (nSPS) is 11.4. The number of para-hydroxylation sites is 1. The molecule has 5 heteroatoms. The topological polar surface area (TPSA) is 69.4 Å². The molecule has 2 N–H and O–H groups in total. The molecule has 0 radical (unpaired) electrons. The van der Waals surface area contributed by atoms with E-state index in [1.165, 1.54) is 0 Å². The van der Waals surface area contributed by atoms with Gasteiger partial charge in [0.15, 0.2) is 9.84 Å². The van der Waals surface area contributed by atoms with Crippen molar-refractivity contribution in [3.8, 4) is 5.75 Å². The Bertz CT molecular complexity index is 429. The number of sulfone groups is 1. The van der Waals surface area contributed by atoms with E-state index in [9.17, 15) is 8.42 Å². The third-order valence-corrected chi connectivity index (χ3v) is 3.94. The first-order valence-electron chi connectivity index (χ1n) is 5.26. The zero-order valence-electron chi connectivity index (χ0n) is 9.35. The summed E-state index contributed by atoms with van der Waals surface area (Å²) < 4.78 is 28.9. The van der Waals surface area contributed by atoms with Gasteiger partial charge in [0.1, 0.15) is 10.6 Å². The first kappa shape index (κ1) is 13.0. The summed E-state index contributed by atoms with van der Waals surface area (Å²) in [5.41, 5.74) is 5.34. The van der Waals surface area contributed by atoms with Gasteiger partial charge in [0.2, 0.25) is 0 Å². The number of rotatable bonds is 6. The average molecular weight is 243 g/mol. The summed E-state index contributed by atoms with van der Waals surface area (Å²) in [7, 11) is -3.22. The Labute approximate surface area is 96.3 Å². The van der Waals surface area contributed by atoms with E-state index in [-0.39, 0.29) is 10.6 Å². The molecule has 16 heavy (non-hydrogen) atoms. The summed E-state index contributed by atoms with van der Waals surface area (Å²) in [6.07, 6.45) is 0.709. The highest BCUT2D eigenvalue weighted by molar-refractivity contribution is 7.91. The predicted octanol–water partition coefficient (Wildman–Crippen LogP) is 1.21. The molecule has 0 fully saturated rings. The van der Waals surface area contributed by atoms with E-state index in [4.69, 9.17) is 10.5 Å². The maximum atomic E-state index is 11.7. The van der Waals surface area contributed by atoms with Gasteiger partial charge >= 0.3 is 0 Å². The Morgan fingerprint density at radius 3 is 2.62 bits per heavy atom. The van der Waals surface area contributed by atoms with Gasteiger partial charge in [-0.05, 0) is 25.1 Å². The Balaban J connectivity index is 2.92. The number of hydrogen-bond donors (Lipinski definition) is 1. The fourth-order valence-electron chi connectivity index (χ4n) is 1.25. The van der Waals surface area contributed by atoms with Gasteiger partial charge in [0, 0.05) is 0 Å². The molecule has 0 spiro atoms. The Morgan fingerprint density at radius 1 is 1.31 bits per heavy atom. The van der Waals surface area contributed by atoms with E-state index >= 15 is 0 Å². The molecule has 0 saturated carbocycles. The molecular formula is C11H17NO3S. The monoisotopic (exact) mass is 243 g/mol. The molecule has 0 aliphatic heterocycles. The lowest BCUT2D eigenvalue weighted by atomic mass is 10.3. The molecule has 0 aliphatic carbocycles. The Kier molecular flexibility index (Phi) is 4.76.